The van der Waals surface area contributed by atoms with Gasteiger partial charge in [-0.15, -0.1) is 0 Å². The van der Waals surface area contributed by atoms with Gasteiger partial charge in [0.2, 0.25) is 0 Å². The molecule has 0 amide bonds. The molecule has 0 aliphatic heterocycles. The molecule has 0 aliphatic rings. The minimum Gasteiger partial charge on any atom is -0.493 e. The molecule has 1 unspecified atom stereocenters. The summed E-state index contributed by atoms with van der Waals surface area (Å²) in [6, 6.07) is 6.13. The molecule has 0 bridgehead atoms. The number of aliphatic hydroxyl groups is 1. The lowest BCUT2D eigenvalue weighted by Crippen LogP contribution is -2.31. The molecule has 0 aromatic heterocycles. The fourth-order valence-corrected chi connectivity index (χ4v) is 2.08. The first-order valence-electron chi connectivity index (χ1n) is 7.89. The van der Waals surface area contributed by atoms with Crippen LogP contribution in [0.5, 0.6) is 11.5 Å². The van der Waals surface area contributed by atoms with E-state index in [1.165, 1.54) is 12.8 Å². The van der Waals surface area contributed by atoms with Crippen molar-refractivity contribution < 1.29 is 14.6 Å². The Kier molecular flexibility index (Phi) is 8.87. The molecule has 0 saturated carbocycles. The highest BCUT2D eigenvalue weighted by Crippen LogP contribution is 2.28. The maximum atomic E-state index is 9.18. The number of aliphatic hydroxyl groups excluding tert-OH is 1. The van der Waals surface area contributed by atoms with E-state index in [0.29, 0.717) is 6.54 Å². The molecule has 4 heteroatoms. The number of benzene rings is 1. The zero-order chi connectivity index (χ0) is 15.5. The van der Waals surface area contributed by atoms with E-state index < -0.39 is 0 Å². The van der Waals surface area contributed by atoms with Crippen LogP contribution < -0.4 is 14.8 Å². The molecule has 0 heterocycles. The molecule has 0 fully saturated rings. The summed E-state index contributed by atoms with van der Waals surface area (Å²) in [6.07, 6.45) is 4.35. The highest BCUT2D eigenvalue weighted by Gasteiger charge is 2.08. The highest BCUT2D eigenvalue weighted by molar-refractivity contribution is 5.42. The van der Waals surface area contributed by atoms with Crippen molar-refractivity contribution in [2.75, 3.05) is 20.3 Å². The molecule has 0 radical (unpaired) electrons. The zero-order valence-electron chi connectivity index (χ0n) is 13.5. The second-order valence-corrected chi connectivity index (χ2v) is 5.21. The summed E-state index contributed by atoms with van der Waals surface area (Å²) in [6.45, 7) is 5.84. The summed E-state index contributed by atoms with van der Waals surface area (Å²) in [7, 11) is 1.66. The summed E-state index contributed by atoms with van der Waals surface area (Å²) in [5.41, 5.74) is 1.12. The monoisotopic (exact) mass is 295 g/mol. The fraction of sp³-hybridized carbons (Fsp3) is 0.647. The van der Waals surface area contributed by atoms with Crippen LogP contribution in [0.4, 0.5) is 0 Å². The van der Waals surface area contributed by atoms with Crippen molar-refractivity contribution in [2.24, 2.45) is 0 Å². The van der Waals surface area contributed by atoms with Gasteiger partial charge in [0.15, 0.2) is 11.5 Å². The van der Waals surface area contributed by atoms with Crippen molar-refractivity contribution in [2.45, 2.75) is 52.1 Å². The van der Waals surface area contributed by atoms with Crippen LogP contribution in [0.15, 0.2) is 18.2 Å². The molecule has 1 rings (SSSR count). The van der Waals surface area contributed by atoms with Crippen LogP contribution in [0.2, 0.25) is 0 Å². The predicted octanol–water partition coefficient (Wildman–Crippen LogP) is 3.12. The quantitative estimate of drug-likeness (QED) is 0.616. The second kappa shape index (κ2) is 10.5. The Morgan fingerprint density at radius 3 is 2.62 bits per heavy atom. The van der Waals surface area contributed by atoms with Crippen LogP contribution in [-0.4, -0.2) is 31.5 Å². The number of hydrogen-bond acceptors (Lipinski definition) is 4. The predicted molar refractivity (Wildman–Crippen MR) is 86.0 cm³/mol. The van der Waals surface area contributed by atoms with Crippen molar-refractivity contribution in [1.29, 1.82) is 0 Å². The molecule has 21 heavy (non-hydrogen) atoms. The standard InChI is InChI=1S/C17H29NO3/c1-4-6-7-10-21-16-9-8-14(11-17(16)20-3)12-18-15(5-2)13-19/h8-9,11,15,18-19H,4-7,10,12-13H2,1-3H3. The summed E-state index contributed by atoms with van der Waals surface area (Å²) < 4.78 is 11.2. The normalized spacial score (nSPS) is 12.2. The number of ether oxygens (including phenoxy) is 2. The summed E-state index contributed by atoms with van der Waals surface area (Å²) >= 11 is 0. The van der Waals surface area contributed by atoms with Gasteiger partial charge in [-0.3, -0.25) is 0 Å². The molecule has 120 valence electrons. The average Bonchev–Trinajstić information content (AvgIpc) is 2.53. The number of hydrogen-bond donors (Lipinski definition) is 2. The van der Waals surface area contributed by atoms with Crippen molar-refractivity contribution >= 4 is 0 Å². The molecule has 0 saturated heterocycles. The second-order valence-electron chi connectivity index (χ2n) is 5.21. The Balaban J connectivity index is 2.56. The number of methoxy groups -OCH3 is 1. The maximum absolute atomic E-state index is 9.18. The topological polar surface area (TPSA) is 50.7 Å². The number of rotatable bonds is 11. The van der Waals surface area contributed by atoms with Crippen LogP contribution in [0.3, 0.4) is 0 Å². The Hall–Kier alpha value is -1.26. The molecule has 0 aliphatic carbocycles. The molecule has 0 spiro atoms. The van der Waals surface area contributed by atoms with E-state index in [1.54, 1.807) is 7.11 Å². The minimum absolute atomic E-state index is 0.140. The van der Waals surface area contributed by atoms with Crippen LogP contribution in [0.1, 0.15) is 45.1 Å². The van der Waals surface area contributed by atoms with Crippen molar-refractivity contribution in [3.63, 3.8) is 0 Å². The summed E-state index contributed by atoms with van der Waals surface area (Å²) in [4.78, 5) is 0. The number of unbranched alkanes of at least 4 members (excludes halogenated alkanes) is 2. The maximum Gasteiger partial charge on any atom is 0.161 e. The van der Waals surface area contributed by atoms with E-state index in [-0.39, 0.29) is 12.6 Å². The molecular formula is C17H29NO3. The Bertz CT molecular complexity index is 392. The van der Waals surface area contributed by atoms with Gasteiger partial charge in [0.05, 0.1) is 20.3 Å². The van der Waals surface area contributed by atoms with E-state index in [2.05, 4.69) is 19.2 Å². The lowest BCUT2D eigenvalue weighted by Gasteiger charge is -2.15. The first kappa shape index (κ1) is 17.8. The summed E-state index contributed by atoms with van der Waals surface area (Å²) in [5, 5.41) is 12.5. The Morgan fingerprint density at radius 1 is 1.19 bits per heavy atom. The van der Waals surface area contributed by atoms with Gasteiger partial charge in [0.1, 0.15) is 0 Å². The molecule has 4 nitrogen and oxygen atoms in total. The Morgan fingerprint density at radius 2 is 2.00 bits per heavy atom. The van der Waals surface area contributed by atoms with Crippen LogP contribution in [-0.2, 0) is 6.54 Å². The highest BCUT2D eigenvalue weighted by atomic mass is 16.5. The SMILES string of the molecule is CCCCCOc1ccc(CNC(CC)CO)cc1OC. The first-order chi connectivity index (χ1) is 10.2. The van der Waals surface area contributed by atoms with E-state index in [4.69, 9.17) is 9.47 Å². The van der Waals surface area contributed by atoms with Gasteiger partial charge in [-0.2, -0.15) is 0 Å². The summed E-state index contributed by atoms with van der Waals surface area (Å²) in [5.74, 6) is 1.56. The largest absolute Gasteiger partial charge is 0.493 e. The van der Waals surface area contributed by atoms with Crippen molar-refractivity contribution in [3.05, 3.63) is 23.8 Å². The van der Waals surface area contributed by atoms with E-state index >= 15 is 0 Å². The molecule has 1 aromatic rings. The smallest absolute Gasteiger partial charge is 0.161 e. The van der Waals surface area contributed by atoms with Gasteiger partial charge < -0.3 is 19.9 Å². The zero-order valence-corrected chi connectivity index (χ0v) is 13.5. The van der Waals surface area contributed by atoms with Gasteiger partial charge in [-0.05, 0) is 30.5 Å². The average molecular weight is 295 g/mol. The van der Waals surface area contributed by atoms with Gasteiger partial charge in [-0.25, -0.2) is 0 Å². The number of nitrogens with one attached hydrogen (secondary N) is 1. The van der Waals surface area contributed by atoms with Crippen LogP contribution >= 0.6 is 0 Å². The minimum atomic E-state index is 0.140. The van der Waals surface area contributed by atoms with Gasteiger partial charge in [-0.1, -0.05) is 32.8 Å². The van der Waals surface area contributed by atoms with E-state index in [1.807, 2.05) is 18.2 Å². The van der Waals surface area contributed by atoms with Gasteiger partial charge >= 0.3 is 0 Å². The van der Waals surface area contributed by atoms with Gasteiger partial charge in [0, 0.05) is 12.6 Å². The lowest BCUT2D eigenvalue weighted by molar-refractivity contribution is 0.238. The van der Waals surface area contributed by atoms with E-state index in [9.17, 15) is 5.11 Å². The molecular weight excluding hydrogens is 266 g/mol. The van der Waals surface area contributed by atoms with Crippen molar-refractivity contribution in [1.82, 2.24) is 5.32 Å². The van der Waals surface area contributed by atoms with Crippen LogP contribution in [0, 0.1) is 0 Å². The first-order valence-corrected chi connectivity index (χ1v) is 7.89. The molecule has 2 N–H and O–H groups in total. The molecule has 1 aromatic carbocycles. The third kappa shape index (κ3) is 6.36. The van der Waals surface area contributed by atoms with Crippen LogP contribution in [0.25, 0.3) is 0 Å². The third-order valence-electron chi connectivity index (χ3n) is 3.54. The fourth-order valence-electron chi connectivity index (χ4n) is 2.08. The third-order valence-corrected chi connectivity index (χ3v) is 3.54. The van der Waals surface area contributed by atoms with Crippen molar-refractivity contribution in [3.8, 4) is 11.5 Å². The Labute approximate surface area is 128 Å². The molecule has 1 atom stereocenters. The van der Waals surface area contributed by atoms with Gasteiger partial charge in [0.25, 0.3) is 0 Å². The van der Waals surface area contributed by atoms with E-state index in [0.717, 1.165) is 36.5 Å². The lowest BCUT2D eigenvalue weighted by atomic mass is 10.1.